The van der Waals surface area contributed by atoms with Crippen molar-refractivity contribution >= 4 is 39.1 Å². The molecule has 0 saturated heterocycles. The molecule has 0 bridgehead atoms. The van der Waals surface area contributed by atoms with E-state index in [1.165, 1.54) is 22.2 Å². The van der Waals surface area contributed by atoms with Gasteiger partial charge in [-0.15, -0.1) is 23.1 Å². The molecular formula is C21H24N2O3S2. The van der Waals surface area contributed by atoms with Crippen LogP contribution in [0.1, 0.15) is 40.0 Å². The van der Waals surface area contributed by atoms with Gasteiger partial charge in [-0.1, -0.05) is 6.92 Å². The van der Waals surface area contributed by atoms with Crippen LogP contribution in [-0.2, 0) is 0 Å². The Labute approximate surface area is 173 Å². The summed E-state index contributed by atoms with van der Waals surface area (Å²) in [6, 6.07) is 7.03. The predicted molar refractivity (Wildman–Crippen MR) is 115 cm³/mol. The average Bonchev–Trinajstić information content (AvgIpc) is 2.97. The van der Waals surface area contributed by atoms with Crippen molar-refractivity contribution in [1.29, 1.82) is 0 Å². The molecule has 2 aromatic heterocycles. The van der Waals surface area contributed by atoms with Gasteiger partial charge in [0.15, 0.2) is 5.78 Å². The predicted octanol–water partition coefficient (Wildman–Crippen LogP) is 4.74. The number of fused-ring (bicyclic) bond motifs is 1. The van der Waals surface area contributed by atoms with E-state index in [9.17, 15) is 9.90 Å². The molecule has 0 fully saturated rings. The molecule has 0 aliphatic carbocycles. The number of aromatic nitrogens is 2. The number of hydrogen-bond donors (Lipinski definition) is 1. The van der Waals surface area contributed by atoms with E-state index in [0.717, 1.165) is 21.1 Å². The van der Waals surface area contributed by atoms with Crippen LogP contribution in [0.2, 0.25) is 0 Å². The van der Waals surface area contributed by atoms with Crippen molar-refractivity contribution in [2.45, 2.75) is 45.2 Å². The summed E-state index contributed by atoms with van der Waals surface area (Å²) < 4.78 is 5.66. The van der Waals surface area contributed by atoms with Gasteiger partial charge in [-0.2, -0.15) is 0 Å². The first kappa shape index (κ1) is 20.8. The molecule has 5 nitrogen and oxygen atoms in total. The first-order valence-corrected chi connectivity index (χ1v) is 11.0. The van der Waals surface area contributed by atoms with Crippen molar-refractivity contribution in [2.24, 2.45) is 0 Å². The first-order valence-electron chi connectivity index (χ1n) is 9.20. The topological polar surface area (TPSA) is 72.3 Å². The number of Topliss-reactive ketones (excluding diaryl/α,β-unsaturated/α-hetero) is 1. The van der Waals surface area contributed by atoms with E-state index >= 15 is 0 Å². The fraction of sp³-hybridized carbons (Fsp3) is 0.381. The van der Waals surface area contributed by atoms with Gasteiger partial charge in [0.05, 0.1) is 6.10 Å². The number of ketones is 1. The molecule has 3 rings (SSSR count). The molecule has 0 radical (unpaired) electrons. The van der Waals surface area contributed by atoms with Crippen LogP contribution in [0.4, 0.5) is 0 Å². The van der Waals surface area contributed by atoms with Crippen LogP contribution in [0.25, 0.3) is 10.2 Å². The molecule has 0 aliphatic rings. The highest BCUT2D eigenvalue weighted by atomic mass is 32.2. The summed E-state index contributed by atoms with van der Waals surface area (Å²) >= 11 is 3.20. The van der Waals surface area contributed by atoms with Gasteiger partial charge < -0.3 is 9.84 Å². The molecular weight excluding hydrogens is 392 g/mol. The molecule has 28 heavy (non-hydrogen) atoms. The Kier molecular flexibility index (Phi) is 6.69. The van der Waals surface area contributed by atoms with Crippen LogP contribution in [-0.4, -0.2) is 39.3 Å². The lowest BCUT2D eigenvalue weighted by molar-refractivity contribution is 0.0987. The second-order valence-corrected chi connectivity index (χ2v) is 8.83. The number of nitrogens with zero attached hydrogens (tertiary/aromatic N) is 2. The fourth-order valence-electron chi connectivity index (χ4n) is 2.78. The quantitative estimate of drug-likeness (QED) is 0.325. The second-order valence-electron chi connectivity index (χ2n) is 6.62. The molecule has 148 valence electrons. The summed E-state index contributed by atoms with van der Waals surface area (Å²) in [6.45, 7) is 8.09. The molecule has 1 unspecified atom stereocenters. The van der Waals surface area contributed by atoms with E-state index in [1.807, 2.05) is 13.8 Å². The van der Waals surface area contributed by atoms with Crippen molar-refractivity contribution in [1.82, 2.24) is 9.97 Å². The van der Waals surface area contributed by atoms with Gasteiger partial charge in [-0.3, -0.25) is 4.79 Å². The van der Waals surface area contributed by atoms with Crippen LogP contribution in [0.15, 0.2) is 29.3 Å². The minimum Gasteiger partial charge on any atom is -0.491 e. The molecule has 1 atom stereocenters. The Morgan fingerprint density at radius 2 is 1.93 bits per heavy atom. The van der Waals surface area contributed by atoms with Gasteiger partial charge in [0, 0.05) is 28.0 Å². The third kappa shape index (κ3) is 4.71. The number of hydrogen-bond acceptors (Lipinski definition) is 7. The Morgan fingerprint density at radius 1 is 1.21 bits per heavy atom. The molecule has 7 heteroatoms. The Hall–Kier alpha value is -1.96. The van der Waals surface area contributed by atoms with Gasteiger partial charge in [0.2, 0.25) is 0 Å². The van der Waals surface area contributed by atoms with Crippen LogP contribution < -0.4 is 4.74 Å². The van der Waals surface area contributed by atoms with Crippen LogP contribution in [0.3, 0.4) is 0 Å². The zero-order valence-electron chi connectivity index (χ0n) is 16.5. The Morgan fingerprint density at radius 3 is 2.61 bits per heavy atom. The van der Waals surface area contributed by atoms with Gasteiger partial charge in [-0.25, -0.2) is 9.97 Å². The maximum absolute atomic E-state index is 11.7. The third-order valence-electron chi connectivity index (χ3n) is 4.46. The standard InChI is InChI=1S/C21H24N2O3S2/c1-5-18(25)15-6-8-17(9-7-15)26-10-16(24)11-27-20-19-12(2)13(3)28-21(19)23-14(4)22-20/h6-9,16,24H,5,10-11H2,1-4H3. The van der Waals surface area contributed by atoms with Crippen LogP contribution >= 0.6 is 23.1 Å². The lowest BCUT2D eigenvalue weighted by Gasteiger charge is -2.13. The number of benzene rings is 1. The van der Waals surface area contributed by atoms with E-state index < -0.39 is 6.10 Å². The minimum absolute atomic E-state index is 0.105. The van der Waals surface area contributed by atoms with Crippen molar-refractivity contribution in [2.75, 3.05) is 12.4 Å². The maximum Gasteiger partial charge on any atom is 0.162 e. The Balaban J connectivity index is 1.60. The summed E-state index contributed by atoms with van der Waals surface area (Å²) in [4.78, 5) is 23.0. The zero-order valence-corrected chi connectivity index (χ0v) is 18.1. The Bertz CT molecular complexity index is 983. The molecule has 1 aromatic carbocycles. The highest BCUT2D eigenvalue weighted by Gasteiger charge is 2.15. The summed E-state index contributed by atoms with van der Waals surface area (Å²) in [5.41, 5.74) is 1.88. The van der Waals surface area contributed by atoms with E-state index in [4.69, 9.17) is 4.74 Å². The fourth-order valence-corrected chi connectivity index (χ4v) is 4.95. The van der Waals surface area contributed by atoms with E-state index in [0.29, 0.717) is 23.5 Å². The first-order chi connectivity index (χ1) is 13.4. The smallest absolute Gasteiger partial charge is 0.162 e. The molecule has 0 saturated carbocycles. The van der Waals surface area contributed by atoms with Gasteiger partial charge in [0.1, 0.15) is 28.0 Å². The minimum atomic E-state index is -0.632. The molecule has 0 aliphatic heterocycles. The van der Waals surface area contributed by atoms with Crippen molar-refractivity contribution in [3.63, 3.8) is 0 Å². The maximum atomic E-state index is 11.7. The lowest BCUT2D eigenvalue weighted by Crippen LogP contribution is -2.20. The number of carbonyl (C=O) groups excluding carboxylic acids is 1. The number of aliphatic hydroxyl groups excluding tert-OH is 1. The van der Waals surface area contributed by atoms with Crippen molar-refractivity contribution in [3.05, 3.63) is 46.1 Å². The molecule has 1 N–H and O–H groups in total. The van der Waals surface area contributed by atoms with Crippen LogP contribution in [0, 0.1) is 20.8 Å². The summed E-state index contributed by atoms with van der Waals surface area (Å²) in [5, 5.41) is 12.3. The highest BCUT2D eigenvalue weighted by Crippen LogP contribution is 2.35. The number of carbonyl (C=O) groups is 1. The number of aryl methyl sites for hydroxylation is 3. The van der Waals surface area contributed by atoms with Crippen molar-refractivity contribution in [3.8, 4) is 5.75 Å². The summed E-state index contributed by atoms with van der Waals surface area (Å²) in [5.74, 6) is 1.96. The summed E-state index contributed by atoms with van der Waals surface area (Å²) in [6.07, 6.45) is -0.151. The van der Waals surface area contributed by atoms with Gasteiger partial charge in [-0.05, 0) is 50.6 Å². The molecule has 0 spiro atoms. The number of aliphatic hydroxyl groups is 1. The SMILES string of the molecule is CCC(=O)c1ccc(OCC(O)CSc2nc(C)nc3sc(C)c(C)c23)cc1. The average molecular weight is 417 g/mol. The number of thioether (sulfide) groups is 1. The number of rotatable bonds is 8. The molecule has 3 aromatic rings. The monoisotopic (exact) mass is 416 g/mol. The second kappa shape index (κ2) is 9.03. The highest BCUT2D eigenvalue weighted by molar-refractivity contribution is 7.99. The zero-order chi connectivity index (χ0) is 20.3. The van der Waals surface area contributed by atoms with Crippen LogP contribution in [0.5, 0.6) is 5.75 Å². The lowest BCUT2D eigenvalue weighted by atomic mass is 10.1. The summed E-state index contributed by atoms with van der Waals surface area (Å²) in [7, 11) is 0. The van der Waals surface area contributed by atoms with E-state index in [2.05, 4.69) is 23.8 Å². The third-order valence-corrected chi connectivity index (χ3v) is 6.68. The molecule has 0 amide bonds. The van der Waals surface area contributed by atoms with Gasteiger partial charge >= 0.3 is 0 Å². The number of ether oxygens (including phenoxy) is 1. The van der Waals surface area contributed by atoms with Crippen molar-refractivity contribution < 1.29 is 14.6 Å². The normalized spacial score (nSPS) is 12.3. The van der Waals surface area contributed by atoms with E-state index in [-0.39, 0.29) is 12.4 Å². The molecule has 2 heterocycles. The van der Waals surface area contributed by atoms with Gasteiger partial charge in [0.25, 0.3) is 0 Å². The number of thiophene rings is 1. The largest absolute Gasteiger partial charge is 0.491 e. The van der Waals surface area contributed by atoms with E-state index in [1.54, 1.807) is 35.6 Å².